The molecule has 3 heteroatoms. The fourth-order valence-electron chi connectivity index (χ4n) is 1.86. The van der Waals surface area contributed by atoms with Crippen LogP contribution in [0.25, 0.3) is 0 Å². The van der Waals surface area contributed by atoms with Crippen molar-refractivity contribution in [2.75, 3.05) is 34.2 Å². The van der Waals surface area contributed by atoms with Gasteiger partial charge in [-0.3, -0.25) is 4.79 Å². The standard InChI is InChI=1S/C16H26N2O/c1-14-8-10-15(11-9-14)6-5-7-16(19)18(4)13-12-17(2)3/h8-11H,5-7,12-13H2,1-4H3. The van der Waals surface area contributed by atoms with Gasteiger partial charge in [-0.25, -0.2) is 0 Å². The molecule has 0 radical (unpaired) electrons. The Balaban J connectivity index is 2.24. The molecular weight excluding hydrogens is 236 g/mol. The highest BCUT2D eigenvalue weighted by Gasteiger charge is 2.08. The van der Waals surface area contributed by atoms with Gasteiger partial charge < -0.3 is 9.80 Å². The zero-order chi connectivity index (χ0) is 14.3. The van der Waals surface area contributed by atoms with Gasteiger partial charge in [0, 0.05) is 26.6 Å². The maximum Gasteiger partial charge on any atom is 0.222 e. The summed E-state index contributed by atoms with van der Waals surface area (Å²) in [6, 6.07) is 8.55. The third kappa shape index (κ3) is 6.39. The minimum Gasteiger partial charge on any atom is -0.344 e. The molecule has 1 amide bonds. The summed E-state index contributed by atoms with van der Waals surface area (Å²) in [7, 11) is 5.93. The molecule has 1 rings (SSSR count). The molecule has 106 valence electrons. The number of hydrogen-bond donors (Lipinski definition) is 0. The number of aryl methyl sites for hydroxylation is 2. The molecule has 0 bridgehead atoms. The quantitative estimate of drug-likeness (QED) is 0.753. The van der Waals surface area contributed by atoms with Crippen molar-refractivity contribution in [1.29, 1.82) is 0 Å². The minimum absolute atomic E-state index is 0.244. The second kappa shape index (κ2) is 7.95. The van der Waals surface area contributed by atoms with Crippen LogP contribution in [0.5, 0.6) is 0 Å². The molecule has 0 spiro atoms. The van der Waals surface area contributed by atoms with Gasteiger partial charge in [-0.05, 0) is 39.4 Å². The predicted molar refractivity (Wildman–Crippen MR) is 80.3 cm³/mol. The van der Waals surface area contributed by atoms with Crippen LogP contribution in [0.1, 0.15) is 24.0 Å². The summed E-state index contributed by atoms with van der Waals surface area (Å²) in [4.78, 5) is 15.8. The van der Waals surface area contributed by atoms with E-state index in [1.807, 2.05) is 26.0 Å². The fourth-order valence-corrected chi connectivity index (χ4v) is 1.86. The van der Waals surface area contributed by atoms with E-state index in [1.54, 1.807) is 0 Å². The highest BCUT2D eigenvalue weighted by Crippen LogP contribution is 2.08. The maximum absolute atomic E-state index is 11.9. The molecule has 0 aliphatic heterocycles. The highest BCUT2D eigenvalue weighted by atomic mass is 16.2. The molecule has 0 fully saturated rings. The van der Waals surface area contributed by atoms with Gasteiger partial charge in [-0.15, -0.1) is 0 Å². The number of carbonyl (C=O) groups excluding carboxylic acids is 1. The average Bonchev–Trinajstić information content (AvgIpc) is 2.38. The zero-order valence-electron chi connectivity index (χ0n) is 12.6. The Morgan fingerprint density at radius 2 is 1.68 bits per heavy atom. The van der Waals surface area contributed by atoms with Crippen molar-refractivity contribution in [2.24, 2.45) is 0 Å². The zero-order valence-corrected chi connectivity index (χ0v) is 12.6. The summed E-state index contributed by atoms with van der Waals surface area (Å²) in [5, 5.41) is 0. The van der Waals surface area contributed by atoms with Crippen molar-refractivity contribution in [3.63, 3.8) is 0 Å². The summed E-state index contributed by atoms with van der Waals surface area (Å²) >= 11 is 0. The summed E-state index contributed by atoms with van der Waals surface area (Å²) in [6.45, 7) is 3.81. The molecule has 0 unspecified atom stereocenters. The SMILES string of the molecule is Cc1ccc(CCCC(=O)N(C)CCN(C)C)cc1. The number of amides is 1. The van der Waals surface area contributed by atoms with Crippen molar-refractivity contribution in [3.8, 4) is 0 Å². The summed E-state index contributed by atoms with van der Waals surface area (Å²) in [5.74, 6) is 0.244. The van der Waals surface area contributed by atoms with Crippen LogP contribution in [-0.2, 0) is 11.2 Å². The molecule has 0 saturated carbocycles. The minimum atomic E-state index is 0.244. The van der Waals surface area contributed by atoms with Crippen LogP contribution in [0.2, 0.25) is 0 Å². The van der Waals surface area contributed by atoms with E-state index in [2.05, 4.69) is 36.1 Å². The normalized spacial score (nSPS) is 10.8. The Kier molecular flexibility index (Phi) is 6.57. The van der Waals surface area contributed by atoms with Gasteiger partial charge in [0.2, 0.25) is 5.91 Å². The van der Waals surface area contributed by atoms with Crippen LogP contribution in [0.15, 0.2) is 24.3 Å². The molecule has 1 aromatic carbocycles. The number of rotatable bonds is 7. The van der Waals surface area contributed by atoms with Gasteiger partial charge >= 0.3 is 0 Å². The van der Waals surface area contributed by atoms with Crippen LogP contribution < -0.4 is 0 Å². The second-order valence-electron chi connectivity index (χ2n) is 5.46. The first-order valence-corrected chi connectivity index (χ1v) is 6.93. The molecule has 0 aliphatic rings. The van der Waals surface area contributed by atoms with Gasteiger partial charge in [0.05, 0.1) is 0 Å². The van der Waals surface area contributed by atoms with E-state index in [4.69, 9.17) is 0 Å². The van der Waals surface area contributed by atoms with Gasteiger partial charge in [0.15, 0.2) is 0 Å². The third-order valence-corrected chi connectivity index (χ3v) is 3.29. The van der Waals surface area contributed by atoms with Crippen LogP contribution in [0.3, 0.4) is 0 Å². The number of hydrogen-bond acceptors (Lipinski definition) is 2. The van der Waals surface area contributed by atoms with Crippen LogP contribution in [0, 0.1) is 6.92 Å². The van der Waals surface area contributed by atoms with E-state index in [-0.39, 0.29) is 5.91 Å². The van der Waals surface area contributed by atoms with Crippen molar-refractivity contribution in [3.05, 3.63) is 35.4 Å². The van der Waals surface area contributed by atoms with Crippen molar-refractivity contribution < 1.29 is 4.79 Å². The smallest absolute Gasteiger partial charge is 0.222 e. The van der Waals surface area contributed by atoms with Crippen molar-refractivity contribution in [2.45, 2.75) is 26.2 Å². The lowest BCUT2D eigenvalue weighted by atomic mass is 10.1. The maximum atomic E-state index is 11.9. The molecule has 1 aromatic rings. The Morgan fingerprint density at radius 1 is 1.05 bits per heavy atom. The van der Waals surface area contributed by atoms with Crippen LogP contribution >= 0.6 is 0 Å². The second-order valence-corrected chi connectivity index (χ2v) is 5.46. The first-order valence-electron chi connectivity index (χ1n) is 6.93. The van der Waals surface area contributed by atoms with E-state index in [0.29, 0.717) is 6.42 Å². The molecule has 19 heavy (non-hydrogen) atoms. The van der Waals surface area contributed by atoms with E-state index in [1.165, 1.54) is 11.1 Å². The summed E-state index contributed by atoms with van der Waals surface area (Å²) in [5.41, 5.74) is 2.59. The molecule has 0 aliphatic carbocycles. The topological polar surface area (TPSA) is 23.6 Å². The largest absolute Gasteiger partial charge is 0.344 e. The Hall–Kier alpha value is -1.35. The fraction of sp³-hybridized carbons (Fsp3) is 0.562. The first-order chi connectivity index (χ1) is 8.99. The van der Waals surface area contributed by atoms with Gasteiger partial charge in [0.25, 0.3) is 0 Å². The van der Waals surface area contributed by atoms with E-state index in [0.717, 1.165) is 25.9 Å². The van der Waals surface area contributed by atoms with Crippen molar-refractivity contribution in [1.82, 2.24) is 9.80 Å². The lowest BCUT2D eigenvalue weighted by Crippen LogP contribution is -2.33. The molecule has 0 N–H and O–H groups in total. The van der Waals surface area contributed by atoms with Crippen LogP contribution in [-0.4, -0.2) is 49.9 Å². The third-order valence-electron chi connectivity index (χ3n) is 3.29. The van der Waals surface area contributed by atoms with E-state index < -0.39 is 0 Å². The van der Waals surface area contributed by atoms with E-state index >= 15 is 0 Å². The monoisotopic (exact) mass is 262 g/mol. The summed E-state index contributed by atoms with van der Waals surface area (Å²) < 4.78 is 0. The molecule has 0 saturated heterocycles. The Morgan fingerprint density at radius 3 is 2.26 bits per heavy atom. The van der Waals surface area contributed by atoms with Gasteiger partial charge in [-0.2, -0.15) is 0 Å². The predicted octanol–water partition coefficient (Wildman–Crippen LogP) is 2.34. The molecule has 0 atom stereocenters. The number of nitrogens with zero attached hydrogens (tertiary/aromatic N) is 2. The number of benzene rings is 1. The molecule has 3 nitrogen and oxygen atoms in total. The van der Waals surface area contributed by atoms with E-state index in [9.17, 15) is 4.79 Å². The molecule has 0 heterocycles. The van der Waals surface area contributed by atoms with Crippen molar-refractivity contribution >= 4 is 5.91 Å². The number of carbonyl (C=O) groups is 1. The Labute approximate surface area is 117 Å². The number of likely N-dealkylation sites (N-methyl/N-ethyl adjacent to an activating group) is 2. The van der Waals surface area contributed by atoms with Gasteiger partial charge in [0.1, 0.15) is 0 Å². The molecule has 0 aromatic heterocycles. The lowest BCUT2D eigenvalue weighted by molar-refractivity contribution is -0.130. The lowest BCUT2D eigenvalue weighted by Gasteiger charge is -2.19. The average molecular weight is 262 g/mol. The van der Waals surface area contributed by atoms with Gasteiger partial charge in [-0.1, -0.05) is 29.8 Å². The summed E-state index contributed by atoms with van der Waals surface area (Å²) in [6.07, 6.45) is 2.54. The van der Waals surface area contributed by atoms with Crippen LogP contribution in [0.4, 0.5) is 0 Å². The highest BCUT2D eigenvalue weighted by molar-refractivity contribution is 5.75. The Bertz CT molecular complexity index is 384. The first kappa shape index (κ1) is 15.7. The molecular formula is C16H26N2O.